The summed E-state index contributed by atoms with van der Waals surface area (Å²) in [6, 6.07) is 7.30. The molecule has 14 heteroatoms. The summed E-state index contributed by atoms with van der Waals surface area (Å²) in [6.07, 6.45) is 1.65. The molecule has 1 aromatic carbocycles. The molecule has 5 rings (SSSR count). The smallest absolute Gasteiger partial charge is 0.260 e. The first-order valence-electron chi connectivity index (χ1n) is 11.1. The van der Waals surface area contributed by atoms with Crippen molar-refractivity contribution in [2.24, 2.45) is 0 Å². The average Bonchev–Trinajstić information content (AvgIpc) is 3.51. The molecule has 1 saturated heterocycles. The number of amides is 2. The largest absolute Gasteiger partial charge is 0.481 e. The average molecular weight is 511 g/mol. The van der Waals surface area contributed by atoms with Crippen LogP contribution in [0.5, 0.6) is 5.88 Å². The fraction of sp³-hybridized carbons (Fsp3) is 0.261. The Morgan fingerprint density at radius 1 is 1.35 bits per heavy atom. The van der Waals surface area contributed by atoms with Crippen molar-refractivity contribution in [2.45, 2.75) is 18.6 Å². The number of carbonyl (C=O) groups is 2. The minimum atomic E-state index is -2.32. The van der Waals surface area contributed by atoms with Gasteiger partial charge in [-0.3, -0.25) is 14.5 Å². The standard InChI is InChI=1S/C23H22FN7O6/c1-23(34,22(33)27-12-9-14(24)18-15(10-12)37-29-20(18)25)19-21(32)30(7-8-36-19)16-4-6-31(28-16)13-3-5-26-17(11-13)35-2/h3-6,9-11,19,34H,7-8H2,1-2H3,(H2,25,29)(H,27,33)/t19-,23?/m0/s1. The van der Waals surface area contributed by atoms with Gasteiger partial charge in [-0.2, -0.15) is 0 Å². The number of anilines is 3. The molecule has 4 N–H and O–H groups in total. The van der Waals surface area contributed by atoms with Crippen LogP contribution in [0.1, 0.15) is 6.92 Å². The van der Waals surface area contributed by atoms with E-state index in [4.69, 9.17) is 19.7 Å². The van der Waals surface area contributed by atoms with Crippen LogP contribution >= 0.6 is 0 Å². The molecule has 0 saturated carbocycles. The number of nitrogens with two attached hydrogens (primary N) is 1. The van der Waals surface area contributed by atoms with E-state index in [1.54, 1.807) is 30.6 Å². The number of hydrogen-bond donors (Lipinski definition) is 3. The number of halogens is 1. The Bertz CT molecular complexity index is 1500. The normalized spacial score (nSPS) is 17.6. The Morgan fingerprint density at radius 2 is 2.16 bits per heavy atom. The number of hydrogen-bond acceptors (Lipinski definition) is 10. The van der Waals surface area contributed by atoms with Gasteiger partial charge in [-0.1, -0.05) is 5.16 Å². The lowest BCUT2D eigenvalue weighted by atomic mass is 9.95. The van der Waals surface area contributed by atoms with Crippen LogP contribution in [-0.2, 0) is 14.3 Å². The first kappa shape index (κ1) is 24.1. The van der Waals surface area contributed by atoms with Gasteiger partial charge in [0.05, 0.1) is 25.9 Å². The summed E-state index contributed by atoms with van der Waals surface area (Å²) in [7, 11) is 1.49. The van der Waals surface area contributed by atoms with Gasteiger partial charge >= 0.3 is 0 Å². The number of morpholine rings is 1. The highest BCUT2D eigenvalue weighted by molar-refractivity contribution is 6.06. The highest BCUT2D eigenvalue weighted by Gasteiger charge is 2.49. The topological polar surface area (TPSA) is 171 Å². The monoisotopic (exact) mass is 511 g/mol. The number of pyridine rings is 1. The number of nitrogens with one attached hydrogen (secondary N) is 1. The van der Waals surface area contributed by atoms with Crippen LogP contribution in [0.4, 0.5) is 21.7 Å². The maximum absolute atomic E-state index is 14.4. The van der Waals surface area contributed by atoms with Crippen molar-refractivity contribution in [2.75, 3.05) is 36.2 Å². The number of nitrogens with zero attached hydrogens (tertiary/aromatic N) is 5. The van der Waals surface area contributed by atoms with Gasteiger partial charge in [0.25, 0.3) is 11.8 Å². The predicted molar refractivity (Wildman–Crippen MR) is 128 cm³/mol. The molecule has 1 aliphatic heterocycles. The number of fused-ring (bicyclic) bond motifs is 1. The van der Waals surface area contributed by atoms with E-state index in [0.717, 1.165) is 13.0 Å². The lowest BCUT2D eigenvalue weighted by Gasteiger charge is -2.37. The molecule has 192 valence electrons. The summed E-state index contributed by atoms with van der Waals surface area (Å²) in [5, 5.41) is 21.3. The van der Waals surface area contributed by atoms with E-state index in [0.29, 0.717) is 17.4 Å². The van der Waals surface area contributed by atoms with E-state index in [9.17, 15) is 19.1 Å². The summed E-state index contributed by atoms with van der Waals surface area (Å²) in [5.41, 5.74) is 3.88. The number of benzene rings is 1. The first-order valence-corrected chi connectivity index (χ1v) is 11.1. The van der Waals surface area contributed by atoms with Crippen LogP contribution in [-0.4, -0.2) is 68.8 Å². The maximum atomic E-state index is 14.4. The van der Waals surface area contributed by atoms with E-state index < -0.39 is 29.3 Å². The maximum Gasteiger partial charge on any atom is 0.260 e. The number of nitrogen functional groups attached to an aromatic ring is 1. The third-order valence-corrected chi connectivity index (χ3v) is 5.91. The van der Waals surface area contributed by atoms with Gasteiger partial charge in [0, 0.05) is 36.3 Å². The summed E-state index contributed by atoms with van der Waals surface area (Å²) in [5.74, 6) is -1.89. The zero-order valence-electron chi connectivity index (χ0n) is 19.7. The molecule has 4 heterocycles. The van der Waals surface area contributed by atoms with Gasteiger partial charge in [0.15, 0.2) is 28.9 Å². The minimum absolute atomic E-state index is 0.00557. The van der Waals surface area contributed by atoms with Crippen LogP contribution in [0.2, 0.25) is 0 Å². The molecule has 1 fully saturated rings. The van der Waals surface area contributed by atoms with Crippen LogP contribution in [0.25, 0.3) is 16.7 Å². The van der Waals surface area contributed by atoms with Crippen molar-refractivity contribution < 1.29 is 33.1 Å². The lowest BCUT2D eigenvalue weighted by Crippen LogP contribution is -2.61. The predicted octanol–water partition coefficient (Wildman–Crippen LogP) is 1.26. The van der Waals surface area contributed by atoms with Gasteiger partial charge in [0.1, 0.15) is 11.2 Å². The fourth-order valence-electron chi connectivity index (χ4n) is 3.97. The lowest BCUT2D eigenvalue weighted by molar-refractivity contribution is -0.165. The highest BCUT2D eigenvalue weighted by atomic mass is 19.1. The van der Waals surface area contributed by atoms with E-state index in [-0.39, 0.29) is 35.6 Å². The second kappa shape index (κ2) is 9.15. The van der Waals surface area contributed by atoms with Crippen molar-refractivity contribution in [3.8, 4) is 11.6 Å². The Kier molecular flexibility index (Phi) is 5.97. The summed E-state index contributed by atoms with van der Waals surface area (Å²) in [6.45, 7) is 1.32. The quantitative estimate of drug-likeness (QED) is 0.342. The van der Waals surface area contributed by atoms with Gasteiger partial charge < -0.3 is 30.2 Å². The molecule has 1 unspecified atom stereocenters. The van der Waals surface area contributed by atoms with Crippen molar-refractivity contribution in [1.82, 2.24) is 19.9 Å². The second-order valence-electron chi connectivity index (χ2n) is 8.42. The Hall–Kier alpha value is -4.56. The zero-order valence-corrected chi connectivity index (χ0v) is 19.7. The molecule has 4 aromatic rings. The molecular weight excluding hydrogens is 489 g/mol. The molecule has 13 nitrogen and oxygen atoms in total. The Labute approximate surface area is 208 Å². The number of aliphatic hydroxyl groups is 1. The summed E-state index contributed by atoms with van der Waals surface area (Å²) in [4.78, 5) is 31.6. The zero-order chi connectivity index (χ0) is 26.3. The number of aromatic nitrogens is 4. The van der Waals surface area contributed by atoms with Crippen molar-refractivity contribution >= 4 is 40.1 Å². The number of ether oxygens (including phenoxy) is 2. The van der Waals surface area contributed by atoms with Crippen molar-refractivity contribution in [3.05, 3.63) is 48.5 Å². The van der Waals surface area contributed by atoms with Crippen LogP contribution in [0, 0.1) is 5.82 Å². The van der Waals surface area contributed by atoms with Gasteiger partial charge in [-0.15, -0.1) is 5.10 Å². The second-order valence-corrected chi connectivity index (χ2v) is 8.42. The molecule has 0 spiro atoms. The fourth-order valence-corrected chi connectivity index (χ4v) is 3.97. The van der Waals surface area contributed by atoms with Gasteiger partial charge in [0.2, 0.25) is 5.88 Å². The van der Waals surface area contributed by atoms with Crippen molar-refractivity contribution in [1.29, 1.82) is 0 Å². The van der Waals surface area contributed by atoms with Crippen molar-refractivity contribution in [3.63, 3.8) is 0 Å². The van der Waals surface area contributed by atoms with E-state index in [1.165, 1.54) is 22.8 Å². The van der Waals surface area contributed by atoms with Gasteiger partial charge in [-0.25, -0.2) is 14.1 Å². The molecule has 0 aliphatic carbocycles. The molecule has 0 bridgehead atoms. The van der Waals surface area contributed by atoms with E-state index >= 15 is 0 Å². The summed E-state index contributed by atoms with van der Waals surface area (Å²) >= 11 is 0. The van der Waals surface area contributed by atoms with Crippen LogP contribution < -0.4 is 20.7 Å². The molecule has 1 aliphatic rings. The first-order chi connectivity index (χ1) is 17.7. The summed E-state index contributed by atoms with van der Waals surface area (Å²) < 4.78 is 31.5. The number of carbonyl (C=O) groups excluding carboxylic acids is 2. The molecule has 0 radical (unpaired) electrons. The highest BCUT2D eigenvalue weighted by Crippen LogP contribution is 2.29. The molecule has 2 atom stereocenters. The molecule has 37 heavy (non-hydrogen) atoms. The van der Waals surface area contributed by atoms with Crippen LogP contribution in [0.15, 0.2) is 47.2 Å². The Balaban J connectivity index is 1.35. The SMILES string of the molecule is COc1cc(-n2ccc(N3CCO[C@H](C(C)(O)C(=O)Nc4cc(F)c5c(N)noc5c4)C3=O)n2)ccn1. The van der Waals surface area contributed by atoms with Gasteiger partial charge in [-0.05, 0) is 19.1 Å². The molecular formula is C23H22FN7O6. The third kappa shape index (κ3) is 4.32. The van der Waals surface area contributed by atoms with Crippen LogP contribution in [0.3, 0.4) is 0 Å². The number of rotatable bonds is 6. The minimum Gasteiger partial charge on any atom is -0.481 e. The molecule has 2 amide bonds. The Morgan fingerprint density at radius 3 is 2.95 bits per heavy atom. The van der Waals surface area contributed by atoms with E-state index in [1.807, 2.05) is 0 Å². The van der Waals surface area contributed by atoms with E-state index in [2.05, 4.69) is 20.6 Å². The third-order valence-electron chi connectivity index (χ3n) is 5.91. The number of methoxy groups -OCH3 is 1. The molecule has 3 aromatic heterocycles.